The molecule has 0 aliphatic rings. The maximum atomic E-state index is 4.13. The number of nitrogens with zero attached hydrogens (tertiary/aromatic N) is 4. The molecule has 0 saturated carbocycles. The van der Waals surface area contributed by atoms with Crippen LogP contribution in [-0.4, -0.2) is 19.3 Å². The normalized spacial score (nSPS) is 11.1. The Balaban J connectivity index is 2.27. The molecule has 0 spiro atoms. The topological polar surface area (TPSA) is 35.6 Å². The molecule has 5 heteroatoms. The SMILES string of the molecule is Cn1cc(I)c2cc(-n3cncn3)ccc21. The van der Waals surface area contributed by atoms with Crippen LogP contribution in [0.15, 0.2) is 37.1 Å². The summed E-state index contributed by atoms with van der Waals surface area (Å²) in [4.78, 5) is 3.95. The third-order valence-electron chi connectivity index (χ3n) is 2.61. The van der Waals surface area contributed by atoms with Crippen molar-refractivity contribution in [2.75, 3.05) is 0 Å². The summed E-state index contributed by atoms with van der Waals surface area (Å²) >= 11 is 2.35. The second kappa shape index (κ2) is 3.58. The summed E-state index contributed by atoms with van der Waals surface area (Å²) in [7, 11) is 2.06. The van der Waals surface area contributed by atoms with Gasteiger partial charge in [0.05, 0.1) is 5.69 Å². The first-order valence-electron chi connectivity index (χ1n) is 4.85. The molecule has 16 heavy (non-hydrogen) atoms. The highest BCUT2D eigenvalue weighted by molar-refractivity contribution is 14.1. The van der Waals surface area contributed by atoms with Gasteiger partial charge in [-0.3, -0.25) is 0 Å². The molecule has 4 nitrogen and oxygen atoms in total. The van der Waals surface area contributed by atoms with Gasteiger partial charge in [-0.2, -0.15) is 5.10 Å². The Hall–Kier alpha value is -1.37. The van der Waals surface area contributed by atoms with Crippen LogP contribution in [0.2, 0.25) is 0 Å². The van der Waals surface area contributed by atoms with E-state index < -0.39 is 0 Å². The highest BCUT2D eigenvalue weighted by Gasteiger charge is 2.05. The van der Waals surface area contributed by atoms with Gasteiger partial charge in [-0.1, -0.05) is 0 Å². The van der Waals surface area contributed by atoms with Crippen molar-refractivity contribution >= 4 is 33.5 Å². The van der Waals surface area contributed by atoms with Gasteiger partial charge in [-0.25, -0.2) is 9.67 Å². The Bertz CT molecular complexity index is 639. The fraction of sp³-hybridized carbons (Fsp3) is 0.0909. The van der Waals surface area contributed by atoms with Crippen molar-refractivity contribution in [3.05, 3.63) is 40.6 Å². The van der Waals surface area contributed by atoms with E-state index in [4.69, 9.17) is 0 Å². The van der Waals surface area contributed by atoms with Crippen molar-refractivity contribution in [1.82, 2.24) is 19.3 Å². The zero-order valence-corrected chi connectivity index (χ0v) is 10.8. The lowest BCUT2D eigenvalue weighted by atomic mass is 10.2. The van der Waals surface area contributed by atoms with E-state index in [-0.39, 0.29) is 0 Å². The Morgan fingerprint density at radius 3 is 2.94 bits per heavy atom. The van der Waals surface area contributed by atoms with Crippen LogP contribution in [0.3, 0.4) is 0 Å². The van der Waals surface area contributed by atoms with Crippen molar-refractivity contribution in [2.24, 2.45) is 7.05 Å². The Kier molecular flexibility index (Phi) is 2.20. The van der Waals surface area contributed by atoms with Crippen LogP contribution in [0, 0.1) is 3.57 Å². The van der Waals surface area contributed by atoms with Crippen LogP contribution in [0.25, 0.3) is 16.6 Å². The van der Waals surface area contributed by atoms with Gasteiger partial charge in [-0.05, 0) is 40.8 Å². The maximum Gasteiger partial charge on any atom is 0.138 e. The van der Waals surface area contributed by atoms with Gasteiger partial charge in [0, 0.05) is 27.7 Å². The summed E-state index contributed by atoms with van der Waals surface area (Å²) in [5.41, 5.74) is 2.27. The molecule has 0 radical (unpaired) electrons. The zero-order valence-electron chi connectivity index (χ0n) is 8.63. The van der Waals surface area contributed by atoms with Gasteiger partial charge < -0.3 is 4.57 Å². The summed E-state index contributed by atoms with van der Waals surface area (Å²) in [6.07, 6.45) is 5.37. The lowest BCUT2D eigenvalue weighted by Gasteiger charge is -2.01. The monoisotopic (exact) mass is 324 g/mol. The minimum Gasteiger partial charge on any atom is -0.349 e. The molecule has 0 aliphatic carbocycles. The molecule has 0 amide bonds. The average molecular weight is 324 g/mol. The molecule has 1 aromatic carbocycles. The number of rotatable bonds is 1. The van der Waals surface area contributed by atoms with Gasteiger partial charge in [0.1, 0.15) is 12.7 Å². The molecule has 2 heterocycles. The van der Waals surface area contributed by atoms with Crippen molar-refractivity contribution in [1.29, 1.82) is 0 Å². The van der Waals surface area contributed by atoms with E-state index in [1.54, 1.807) is 17.3 Å². The van der Waals surface area contributed by atoms with E-state index >= 15 is 0 Å². The first-order chi connectivity index (χ1) is 7.75. The number of fused-ring (bicyclic) bond motifs is 1. The molecule has 2 aromatic heterocycles. The Morgan fingerprint density at radius 2 is 2.19 bits per heavy atom. The van der Waals surface area contributed by atoms with E-state index in [1.165, 1.54) is 14.5 Å². The number of aryl methyl sites for hydroxylation is 1. The van der Waals surface area contributed by atoms with E-state index in [0.717, 1.165) is 5.69 Å². The number of benzene rings is 1. The van der Waals surface area contributed by atoms with E-state index in [1.807, 2.05) is 6.07 Å². The average Bonchev–Trinajstić information content (AvgIpc) is 2.88. The highest BCUT2D eigenvalue weighted by atomic mass is 127. The summed E-state index contributed by atoms with van der Waals surface area (Å²) in [5.74, 6) is 0. The summed E-state index contributed by atoms with van der Waals surface area (Å²) in [6.45, 7) is 0. The van der Waals surface area contributed by atoms with Crippen LogP contribution in [0.5, 0.6) is 0 Å². The number of halogens is 1. The number of hydrogen-bond acceptors (Lipinski definition) is 2. The molecule has 0 bridgehead atoms. The van der Waals surface area contributed by atoms with E-state index in [9.17, 15) is 0 Å². The Labute approximate surface area is 106 Å². The quantitative estimate of drug-likeness (QED) is 0.644. The van der Waals surface area contributed by atoms with Crippen molar-refractivity contribution in [3.8, 4) is 5.69 Å². The van der Waals surface area contributed by atoms with Crippen molar-refractivity contribution < 1.29 is 0 Å². The predicted molar refractivity (Wildman–Crippen MR) is 70.6 cm³/mol. The lowest BCUT2D eigenvalue weighted by Crippen LogP contribution is -1.94. The van der Waals surface area contributed by atoms with Crippen LogP contribution in [-0.2, 0) is 7.05 Å². The molecule has 80 valence electrons. The van der Waals surface area contributed by atoms with Crippen LogP contribution >= 0.6 is 22.6 Å². The first kappa shape index (κ1) is 9.83. The summed E-state index contributed by atoms with van der Waals surface area (Å²) in [6, 6.07) is 6.29. The van der Waals surface area contributed by atoms with Gasteiger partial charge in [0.15, 0.2) is 0 Å². The minimum absolute atomic E-state index is 1.04. The molecule has 0 atom stereocenters. The molecule has 0 unspecified atom stereocenters. The standard InChI is InChI=1S/C11H9IN4/c1-15-5-10(12)9-4-8(2-3-11(9)15)16-7-13-6-14-16/h2-7H,1H3. The van der Waals surface area contributed by atoms with Gasteiger partial charge >= 0.3 is 0 Å². The largest absolute Gasteiger partial charge is 0.349 e. The number of aromatic nitrogens is 4. The van der Waals surface area contributed by atoms with E-state index in [0.29, 0.717) is 0 Å². The van der Waals surface area contributed by atoms with E-state index in [2.05, 4.69) is 62.6 Å². The maximum absolute atomic E-state index is 4.13. The first-order valence-corrected chi connectivity index (χ1v) is 5.93. The van der Waals surface area contributed by atoms with Crippen molar-refractivity contribution in [3.63, 3.8) is 0 Å². The second-order valence-corrected chi connectivity index (χ2v) is 4.79. The molecular weight excluding hydrogens is 315 g/mol. The fourth-order valence-corrected chi connectivity index (χ4v) is 2.67. The molecule has 0 saturated heterocycles. The van der Waals surface area contributed by atoms with Gasteiger partial charge in [0.25, 0.3) is 0 Å². The van der Waals surface area contributed by atoms with Crippen LogP contribution in [0.1, 0.15) is 0 Å². The fourth-order valence-electron chi connectivity index (χ4n) is 1.82. The summed E-state index contributed by atoms with van der Waals surface area (Å²) in [5, 5.41) is 5.37. The lowest BCUT2D eigenvalue weighted by molar-refractivity contribution is 0.880. The Morgan fingerprint density at radius 1 is 1.31 bits per heavy atom. The molecular formula is C11H9IN4. The highest BCUT2D eigenvalue weighted by Crippen LogP contribution is 2.24. The molecule has 0 N–H and O–H groups in total. The zero-order chi connectivity index (χ0) is 11.1. The van der Waals surface area contributed by atoms with Crippen molar-refractivity contribution in [2.45, 2.75) is 0 Å². The van der Waals surface area contributed by atoms with Crippen LogP contribution < -0.4 is 0 Å². The summed E-state index contributed by atoms with van der Waals surface area (Å²) < 4.78 is 5.14. The molecule has 3 aromatic rings. The third-order valence-corrected chi connectivity index (χ3v) is 3.47. The second-order valence-electron chi connectivity index (χ2n) is 3.63. The molecule has 3 rings (SSSR count). The minimum atomic E-state index is 1.04. The van der Waals surface area contributed by atoms with Gasteiger partial charge in [-0.15, -0.1) is 0 Å². The predicted octanol–water partition coefficient (Wildman–Crippen LogP) is 2.36. The number of hydrogen-bond donors (Lipinski definition) is 0. The smallest absolute Gasteiger partial charge is 0.138 e. The molecule has 0 aliphatic heterocycles. The molecule has 0 fully saturated rings. The van der Waals surface area contributed by atoms with Crippen LogP contribution in [0.4, 0.5) is 0 Å². The third kappa shape index (κ3) is 1.42. The van der Waals surface area contributed by atoms with Gasteiger partial charge in [0.2, 0.25) is 0 Å².